The van der Waals surface area contributed by atoms with Crippen molar-refractivity contribution >= 4 is 105 Å². The number of nitrogens with one attached hydrogen (secondary N) is 3. The Labute approximate surface area is 743 Å². The quantitative estimate of drug-likeness (QED) is 0.0767. The highest BCUT2D eigenvalue weighted by atomic mass is 35.5. The number of imidazole rings is 3. The van der Waals surface area contributed by atoms with Crippen molar-refractivity contribution in [1.82, 2.24) is 63.2 Å². The number of halogens is 3. The van der Waals surface area contributed by atoms with E-state index in [4.69, 9.17) is 65.5 Å². The number of urea groups is 3. The van der Waals surface area contributed by atoms with Crippen molar-refractivity contribution in [3.05, 3.63) is 336 Å². The lowest BCUT2D eigenvalue weighted by Gasteiger charge is -2.39. The number of fused-ring (bicyclic) bond motifs is 6. The van der Waals surface area contributed by atoms with E-state index in [0.717, 1.165) is 144 Å². The number of pyridine rings is 3. The first-order valence-electron chi connectivity index (χ1n) is 42.7. The number of amides is 6. The number of carbonyl (C=O) groups excluding carboxylic acids is 3. The van der Waals surface area contributed by atoms with Crippen LogP contribution in [0, 0.1) is 66.6 Å². The SMILES string of the molecule is Cc1nccn1CCC1=Cc2cccnc2C(C2CCN(C(=O)Nc3ccc(C#N)cc3)CC2)c2ccc(Cl)cc21.Cc1nccn1CCCC1=Cc2cc(Cl)ccc2C(C2CCN(C(=O)Nc3ccc(C#N)cc3)CC2)c2ncccc21.Cc1nccn1CCCC1=Cc2cccnc2C(N2CCN(C(=O)Nc3ccc(C#N)cc3)CC2)c2ccc(Cl)cc21. The van der Waals surface area contributed by atoms with Crippen LogP contribution in [0.2, 0.25) is 15.1 Å². The fourth-order valence-corrected chi connectivity index (χ4v) is 18.9. The molecule has 0 spiro atoms. The van der Waals surface area contributed by atoms with Crippen LogP contribution in [0.4, 0.5) is 31.4 Å². The standard InChI is InChI=1S/C34H33ClN6O.C33H32ClN7O.C33H31ClN6O/c1-23-37-15-19-40(23)16-3-4-26-20-27-21-28(35)8-11-30(27)32(33-31(26)5-2-14-38-33)25-12-17-41(18-13-25)34(42)39-29-9-6-24(22-36)7-10-29;1-23-36-13-15-39(23)14-3-5-25-20-26-4-2-12-37-31(26)32(29-11-8-27(34)21-30(25)29)40-16-18-41(19-17-40)33(42)38-28-9-6-24(22-35)7-10-28;1-22-36-14-18-39(22)15-12-25-19-26-3-2-13-37-32(26)31(29-9-6-27(34)20-30(25)29)24-10-16-40(17-11-24)33(41)38-28-7-4-23(21-35)5-8-28/h2,5-11,14-15,19-21,25,32H,3-4,12-13,16-18H2,1H3,(H,39,42);2,4,6-13,15,20-21,32H,3,5,14,16-19H2,1H3,(H,38,42);2-9,13-14,18-20,24,31H,10-12,15-17H2,1H3,(H,38,41). The lowest BCUT2D eigenvalue weighted by Crippen LogP contribution is -2.51. The zero-order chi connectivity index (χ0) is 86.5. The molecule has 6 amide bonds. The molecule has 3 aliphatic carbocycles. The van der Waals surface area contributed by atoms with Gasteiger partial charge in [0.15, 0.2) is 0 Å². The number of allylic oxidation sites excluding steroid dienone is 3. The van der Waals surface area contributed by atoms with Gasteiger partial charge in [0.05, 0.1) is 58.0 Å². The topological polar surface area (TPSA) is 264 Å². The van der Waals surface area contributed by atoms with Gasteiger partial charge < -0.3 is 44.4 Å². The zero-order valence-corrected chi connectivity index (χ0v) is 72.3. The van der Waals surface area contributed by atoms with Crippen LogP contribution in [-0.4, -0.2) is 134 Å². The number of nitriles is 3. The number of carbonyl (C=O) groups is 3. The third kappa shape index (κ3) is 20.0. The number of anilines is 3. The summed E-state index contributed by atoms with van der Waals surface area (Å²) < 4.78 is 6.56. The van der Waals surface area contributed by atoms with Gasteiger partial charge in [-0.2, -0.15) is 15.8 Å². The van der Waals surface area contributed by atoms with E-state index in [-0.39, 0.29) is 36.0 Å². The average Bonchev–Trinajstić information content (AvgIpc) is 1.73. The van der Waals surface area contributed by atoms with Crippen molar-refractivity contribution in [2.24, 2.45) is 11.8 Å². The lowest BCUT2D eigenvalue weighted by atomic mass is 9.76. The van der Waals surface area contributed by atoms with Gasteiger partial charge in [0, 0.05) is 172 Å². The predicted octanol–water partition coefficient (Wildman–Crippen LogP) is 21.0. The normalized spacial score (nSPS) is 16.6. The van der Waals surface area contributed by atoms with Crippen LogP contribution in [0.5, 0.6) is 0 Å². The van der Waals surface area contributed by atoms with Gasteiger partial charge in [-0.25, -0.2) is 29.3 Å². The Morgan fingerprint density at radius 2 is 0.768 bits per heavy atom. The van der Waals surface area contributed by atoms with Gasteiger partial charge in [0.25, 0.3) is 0 Å². The van der Waals surface area contributed by atoms with E-state index in [0.29, 0.717) is 103 Å². The van der Waals surface area contributed by atoms with Gasteiger partial charge in [0.2, 0.25) is 0 Å². The van der Waals surface area contributed by atoms with E-state index in [1.165, 1.54) is 44.5 Å². The second kappa shape index (κ2) is 39.5. The molecule has 3 fully saturated rings. The summed E-state index contributed by atoms with van der Waals surface area (Å²) in [6, 6.07) is 57.9. The summed E-state index contributed by atoms with van der Waals surface area (Å²) in [4.78, 5) is 75.1. The van der Waals surface area contributed by atoms with Crippen LogP contribution >= 0.6 is 34.8 Å². The van der Waals surface area contributed by atoms with Gasteiger partial charge >= 0.3 is 18.1 Å². The van der Waals surface area contributed by atoms with Crippen LogP contribution in [-0.2, 0) is 19.6 Å². The van der Waals surface area contributed by atoms with Crippen molar-refractivity contribution < 1.29 is 14.4 Å². The van der Waals surface area contributed by atoms with Crippen molar-refractivity contribution in [2.75, 3.05) is 68.3 Å². The summed E-state index contributed by atoms with van der Waals surface area (Å²) in [6.45, 7) is 14.0. The van der Waals surface area contributed by atoms with Gasteiger partial charge in [-0.05, 0) is 297 Å². The maximum atomic E-state index is 13.1. The maximum Gasteiger partial charge on any atom is 0.321 e. The molecule has 0 saturated carbocycles. The second-order valence-electron chi connectivity index (χ2n) is 32.5. The van der Waals surface area contributed by atoms with Crippen molar-refractivity contribution in [3.8, 4) is 18.2 Å². The molecule has 3 saturated heterocycles. The number of aryl methyl sites for hydroxylation is 6. The predicted molar refractivity (Wildman–Crippen MR) is 492 cm³/mol. The second-order valence-corrected chi connectivity index (χ2v) is 33.8. The highest BCUT2D eigenvalue weighted by Crippen LogP contribution is 2.49. The number of hydrogen-bond acceptors (Lipinski definition) is 13. The molecule has 0 bridgehead atoms. The number of nitrogens with zero attached hydrogens (tertiary/aromatic N) is 16. The van der Waals surface area contributed by atoms with Crippen LogP contribution in [0.15, 0.2) is 220 Å². The number of likely N-dealkylation sites (tertiary alicyclic amines) is 2. The minimum absolute atomic E-state index is 0.0538. The molecule has 18 rings (SSSR count). The van der Waals surface area contributed by atoms with Gasteiger partial charge in [-0.3, -0.25) is 19.9 Å². The van der Waals surface area contributed by atoms with Gasteiger partial charge in [0.1, 0.15) is 17.5 Å². The molecule has 3 unspecified atom stereocenters. The lowest BCUT2D eigenvalue weighted by molar-refractivity contribution is 0.125. The Morgan fingerprint density at radius 3 is 1.24 bits per heavy atom. The van der Waals surface area contributed by atoms with Crippen molar-refractivity contribution in [3.63, 3.8) is 0 Å². The molecule has 630 valence electrons. The molecular formula is C100H96Cl3N19O3. The molecule has 125 heavy (non-hydrogen) atoms. The first kappa shape index (κ1) is 85.3. The Balaban J connectivity index is 0.000000138. The molecule has 22 nitrogen and oxygen atoms in total. The van der Waals surface area contributed by atoms with Crippen LogP contribution in [0.3, 0.4) is 0 Å². The van der Waals surface area contributed by atoms with E-state index in [2.05, 4.69) is 141 Å². The molecule has 0 radical (unpaired) electrons. The summed E-state index contributed by atoms with van der Waals surface area (Å²) in [7, 11) is 0. The Hall–Kier alpha value is -13.3. The summed E-state index contributed by atoms with van der Waals surface area (Å²) in [5.41, 5.74) is 21.4. The number of rotatable bonds is 17. The Bertz CT molecular complexity index is 6060. The van der Waals surface area contributed by atoms with Crippen LogP contribution < -0.4 is 16.0 Å². The smallest absolute Gasteiger partial charge is 0.321 e. The van der Waals surface area contributed by atoms with Crippen LogP contribution in [0.1, 0.15) is 177 Å². The fraction of sp³-hybridized carbons (Fsp3) is 0.280. The van der Waals surface area contributed by atoms with E-state index in [1.54, 1.807) is 72.8 Å². The first-order chi connectivity index (χ1) is 61.0. The van der Waals surface area contributed by atoms with Crippen LogP contribution in [0.25, 0.3) is 34.9 Å². The van der Waals surface area contributed by atoms with E-state index in [9.17, 15) is 14.4 Å². The number of benzene rings is 6. The zero-order valence-electron chi connectivity index (χ0n) is 70.1. The fourth-order valence-electron chi connectivity index (χ4n) is 18.4. The molecule has 12 aromatic rings. The van der Waals surface area contributed by atoms with Gasteiger partial charge in [-0.15, -0.1) is 0 Å². The average molecular weight is 1720 g/mol. The van der Waals surface area contributed by atoms with E-state index >= 15 is 0 Å². The molecule has 6 aliphatic rings. The van der Waals surface area contributed by atoms with E-state index in [1.807, 2.05) is 128 Å². The minimum atomic E-state index is -0.136. The van der Waals surface area contributed by atoms with E-state index < -0.39 is 0 Å². The largest absolute Gasteiger partial charge is 0.335 e. The molecule has 9 heterocycles. The number of piperazine rings is 1. The Kier molecular flexibility index (Phi) is 27.0. The number of aromatic nitrogens is 9. The molecule has 3 N–H and O–H groups in total. The number of hydrogen-bond donors (Lipinski definition) is 3. The summed E-state index contributed by atoms with van der Waals surface area (Å²) in [5.74, 6) is 3.92. The molecule has 6 aromatic heterocycles. The van der Waals surface area contributed by atoms with Crippen molar-refractivity contribution in [2.45, 2.75) is 116 Å². The molecular weight excluding hydrogens is 1620 g/mol. The minimum Gasteiger partial charge on any atom is -0.335 e. The highest BCUT2D eigenvalue weighted by molar-refractivity contribution is 6.31. The Morgan fingerprint density at radius 1 is 0.384 bits per heavy atom. The highest BCUT2D eigenvalue weighted by Gasteiger charge is 2.39. The third-order valence-electron chi connectivity index (χ3n) is 24.9. The molecule has 3 atom stereocenters. The maximum absolute atomic E-state index is 13.1. The number of piperidine rings is 2. The van der Waals surface area contributed by atoms with Gasteiger partial charge in [-0.1, -0.05) is 77.3 Å². The molecule has 3 aliphatic heterocycles. The summed E-state index contributed by atoms with van der Waals surface area (Å²) >= 11 is 19.7. The van der Waals surface area contributed by atoms with Crippen molar-refractivity contribution in [1.29, 1.82) is 15.8 Å². The monoisotopic (exact) mass is 1720 g/mol. The molecule has 6 aromatic carbocycles. The first-order valence-corrected chi connectivity index (χ1v) is 43.8. The third-order valence-corrected chi connectivity index (χ3v) is 25.6. The molecule has 25 heteroatoms. The summed E-state index contributed by atoms with van der Waals surface area (Å²) in [5, 5.41) is 38.2. The summed E-state index contributed by atoms with van der Waals surface area (Å²) in [6.07, 6.45) is 32.3.